The second kappa shape index (κ2) is 7.50. The van der Waals surface area contributed by atoms with E-state index in [4.69, 9.17) is 0 Å². The molecule has 1 N–H and O–H groups in total. The molecule has 0 aromatic carbocycles. The average Bonchev–Trinajstić information content (AvgIpc) is 3.01. The summed E-state index contributed by atoms with van der Waals surface area (Å²) in [5, 5.41) is 13.8. The number of halogens is 1. The molecule has 1 unspecified atom stereocenters. The first-order valence-corrected chi connectivity index (χ1v) is 7.23. The number of rotatable bonds is 3. The van der Waals surface area contributed by atoms with E-state index in [1.807, 2.05) is 9.80 Å². The Morgan fingerprint density at radius 2 is 2.27 bits per heavy atom. The fraction of sp³-hybridized carbons (Fsp3) is 0.750. The number of nitrogens with zero attached hydrogens (tertiary/aromatic N) is 6. The summed E-state index contributed by atoms with van der Waals surface area (Å²) in [4.78, 5) is 27.9. The largest absolute Gasteiger partial charge is 0.339 e. The third kappa shape index (κ3) is 3.72. The first-order chi connectivity index (χ1) is 10.2. The molecular formula is C12H20ClN7O2. The van der Waals surface area contributed by atoms with Gasteiger partial charge in [0.15, 0.2) is 0 Å². The fourth-order valence-corrected chi connectivity index (χ4v) is 2.93. The van der Waals surface area contributed by atoms with Crippen LogP contribution in [-0.4, -0.2) is 80.6 Å². The van der Waals surface area contributed by atoms with E-state index in [0.717, 1.165) is 32.5 Å². The van der Waals surface area contributed by atoms with E-state index >= 15 is 0 Å². The van der Waals surface area contributed by atoms with Crippen LogP contribution in [0.15, 0.2) is 6.33 Å². The van der Waals surface area contributed by atoms with E-state index in [1.54, 1.807) is 0 Å². The monoisotopic (exact) mass is 329 g/mol. The topological polar surface area (TPSA) is 96.2 Å². The Bertz CT molecular complexity index is 510. The number of hydrogen-bond acceptors (Lipinski definition) is 6. The van der Waals surface area contributed by atoms with Crippen molar-refractivity contribution in [3.8, 4) is 0 Å². The normalized spacial score (nSPS) is 22.4. The lowest BCUT2D eigenvalue weighted by molar-refractivity contribution is -0.140. The maximum Gasteiger partial charge on any atom is 0.244 e. The van der Waals surface area contributed by atoms with Gasteiger partial charge in [-0.3, -0.25) is 9.59 Å². The Labute approximate surface area is 134 Å². The SMILES string of the molecule is Cl.O=C(Cn1cnnn1)N1CCCC(N2CCNCC2=O)C1. The van der Waals surface area contributed by atoms with Crippen molar-refractivity contribution in [2.45, 2.75) is 25.4 Å². The number of carbonyl (C=O) groups excluding carboxylic acids is 2. The van der Waals surface area contributed by atoms with Gasteiger partial charge in [0.25, 0.3) is 0 Å². The molecule has 0 bridgehead atoms. The van der Waals surface area contributed by atoms with Crippen LogP contribution in [0.25, 0.3) is 0 Å². The summed E-state index contributed by atoms with van der Waals surface area (Å²) in [7, 11) is 0. The molecule has 2 amide bonds. The van der Waals surface area contributed by atoms with Crippen LogP contribution in [0.3, 0.4) is 0 Å². The minimum absolute atomic E-state index is 0. The molecule has 1 atom stereocenters. The summed E-state index contributed by atoms with van der Waals surface area (Å²) in [6, 6.07) is 0.131. The Morgan fingerprint density at radius 1 is 1.41 bits per heavy atom. The van der Waals surface area contributed by atoms with Crippen molar-refractivity contribution in [3.63, 3.8) is 0 Å². The molecule has 22 heavy (non-hydrogen) atoms. The Hall–Kier alpha value is -1.74. The number of likely N-dealkylation sites (tertiary alicyclic amines) is 1. The molecule has 10 heteroatoms. The molecule has 1 aromatic heterocycles. The van der Waals surface area contributed by atoms with Crippen LogP contribution in [0.4, 0.5) is 0 Å². The van der Waals surface area contributed by atoms with E-state index < -0.39 is 0 Å². The Balaban J connectivity index is 0.00000176. The standard InChI is InChI=1S/C12H19N7O2.ClH/c20-11-6-13-3-5-19(11)10-2-1-4-17(7-10)12(21)8-18-9-14-15-16-18;/h9-10,13H,1-8H2;1H. The van der Waals surface area contributed by atoms with Crippen LogP contribution in [0.2, 0.25) is 0 Å². The third-order valence-corrected chi connectivity index (χ3v) is 4.00. The van der Waals surface area contributed by atoms with Gasteiger partial charge in [-0.15, -0.1) is 17.5 Å². The number of piperazine rings is 1. The second-order valence-corrected chi connectivity index (χ2v) is 5.41. The van der Waals surface area contributed by atoms with E-state index in [1.165, 1.54) is 11.0 Å². The lowest BCUT2D eigenvalue weighted by Crippen LogP contribution is -2.57. The highest BCUT2D eigenvalue weighted by molar-refractivity contribution is 5.85. The molecule has 3 heterocycles. The van der Waals surface area contributed by atoms with Crippen LogP contribution >= 0.6 is 12.4 Å². The predicted octanol–water partition coefficient (Wildman–Crippen LogP) is -1.48. The van der Waals surface area contributed by atoms with Crippen LogP contribution < -0.4 is 5.32 Å². The van der Waals surface area contributed by atoms with Crippen molar-refractivity contribution in [2.75, 3.05) is 32.7 Å². The van der Waals surface area contributed by atoms with Crippen LogP contribution in [0, 0.1) is 0 Å². The van der Waals surface area contributed by atoms with Crippen LogP contribution in [0.1, 0.15) is 12.8 Å². The van der Waals surface area contributed by atoms with Gasteiger partial charge in [-0.2, -0.15) is 0 Å². The zero-order chi connectivity index (χ0) is 14.7. The molecule has 0 radical (unpaired) electrons. The molecule has 2 aliphatic rings. The molecular weight excluding hydrogens is 310 g/mol. The van der Waals surface area contributed by atoms with E-state index in [9.17, 15) is 9.59 Å². The number of tetrazole rings is 1. The number of amides is 2. The molecule has 122 valence electrons. The minimum Gasteiger partial charge on any atom is -0.339 e. The number of nitrogens with one attached hydrogen (secondary N) is 1. The third-order valence-electron chi connectivity index (χ3n) is 4.00. The lowest BCUT2D eigenvalue weighted by Gasteiger charge is -2.41. The predicted molar refractivity (Wildman–Crippen MR) is 79.2 cm³/mol. The highest BCUT2D eigenvalue weighted by Gasteiger charge is 2.31. The molecule has 9 nitrogen and oxygen atoms in total. The zero-order valence-corrected chi connectivity index (χ0v) is 13.0. The van der Waals surface area contributed by atoms with Crippen molar-refractivity contribution in [3.05, 3.63) is 6.33 Å². The van der Waals surface area contributed by atoms with Gasteiger partial charge < -0.3 is 15.1 Å². The van der Waals surface area contributed by atoms with Gasteiger partial charge >= 0.3 is 0 Å². The first kappa shape index (κ1) is 16.6. The van der Waals surface area contributed by atoms with Gasteiger partial charge in [0, 0.05) is 32.2 Å². The average molecular weight is 330 g/mol. The molecule has 0 saturated carbocycles. The van der Waals surface area contributed by atoms with Gasteiger partial charge in [0.1, 0.15) is 12.9 Å². The van der Waals surface area contributed by atoms with E-state index in [-0.39, 0.29) is 36.8 Å². The number of piperidine rings is 1. The number of hydrogen-bond donors (Lipinski definition) is 1. The van der Waals surface area contributed by atoms with Crippen molar-refractivity contribution in [1.82, 2.24) is 35.3 Å². The van der Waals surface area contributed by atoms with Crippen molar-refractivity contribution in [1.29, 1.82) is 0 Å². The fourth-order valence-electron chi connectivity index (χ4n) is 2.93. The van der Waals surface area contributed by atoms with Crippen LogP contribution in [0.5, 0.6) is 0 Å². The molecule has 0 spiro atoms. The van der Waals surface area contributed by atoms with Crippen molar-refractivity contribution < 1.29 is 9.59 Å². The van der Waals surface area contributed by atoms with Gasteiger partial charge in [-0.25, -0.2) is 4.68 Å². The quantitative estimate of drug-likeness (QED) is 0.726. The molecule has 3 rings (SSSR count). The van der Waals surface area contributed by atoms with Gasteiger partial charge in [0.2, 0.25) is 11.8 Å². The van der Waals surface area contributed by atoms with Crippen molar-refractivity contribution in [2.24, 2.45) is 0 Å². The van der Waals surface area contributed by atoms with Gasteiger partial charge in [0.05, 0.1) is 6.54 Å². The zero-order valence-electron chi connectivity index (χ0n) is 12.2. The van der Waals surface area contributed by atoms with Gasteiger partial charge in [-0.1, -0.05) is 0 Å². The first-order valence-electron chi connectivity index (χ1n) is 7.23. The molecule has 2 aliphatic heterocycles. The Kier molecular flexibility index (Phi) is 5.67. The molecule has 2 saturated heterocycles. The maximum atomic E-state index is 12.3. The van der Waals surface area contributed by atoms with E-state index in [2.05, 4.69) is 20.8 Å². The summed E-state index contributed by atoms with van der Waals surface area (Å²) < 4.78 is 1.42. The highest BCUT2D eigenvalue weighted by Crippen LogP contribution is 2.17. The Morgan fingerprint density at radius 3 is 3.00 bits per heavy atom. The summed E-state index contributed by atoms with van der Waals surface area (Å²) in [5.41, 5.74) is 0. The summed E-state index contributed by atoms with van der Waals surface area (Å²) in [6.07, 6.45) is 3.31. The summed E-state index contributed by atoms with van der Waals surface area (Å²) >= 11 is 0. The highest BCUT2D eigenvalue weighted by atomic mass is 35.5. The van der Waals surface area contributed by atoms with Gasteiger partial charge in [-0.05, 0) is 23.3 Å². The molecule has 1 aromatic rings. The number of carbonyl (C=O) groups is 2. The number of aromatic nitrogens is 4. The maximum absolute atomic E-state index is 12.3. The molecule has 0 aliphatic carbocycles. The minimum atomic E-state index is -0.00502. The molecule has 2 fully saturated rings. The summed E-state index contributed by atoms with van der Waals surface area (Å²) in [5.74, 6) is 0.121. The van der Waals surface area contributed by atoms with Crippen LogP contribution in [-0.2, 0) is 16.1 Å². The summed E-state index contributed by atoms with van der Waals surface area (Å²) in [6.45, 7) is 3.42. The van der Waals surface area contributed by atoms with Crippen molar-refractivity contribution >= 4 is 24.2 Å². The lowest BCUT2D eigenvalue weighted by atomic mass is 10.0. The van der Waals surface area contributed by atoms with E-state index in [0.29, 0.717) is 13.1 Å². The smallest absolute Gasteiger partial charge is 0.244 e. The second-order valence-electron chi connectivity index (χ2n) is 5.41.